The lowest BCUT2D eigenvalue weighted by molar-refractivity contribution is 0.0224. The Morgan fingerprint density at radius 3 is 2.39 bits per heavy atom. The zero-order chi connectivity index (χ0) is 26.3. The molecule has 5 nitrogen and oxygen atoms in total. The topological polar surface area (TPSA) is 50.8 Å². The summed E-state index contributed by atoms with van der Waals surface area (Å²) < 4.78 is 12.9. The Hall–Kier alpha value is -4.25. The van der Waals surface area contributed by atoms with E-state index in [0.717, 1.165) is 53.3 Å². The molecule has 1 atom stereocenters. The van der Waals surface area contributed by atoms with Crippen molar-refractivity contribution in [1.82, 2.24) is 0 Å². The van der Waals surface area contributed by atoms with Crippen molar-refractivity contribution in [2.45, 2.75) is 32.8 Å². The second kappa shape index (κ2) is 9.56. The lowest BCUT2D eigenvalue weighted by Crippen LogP contribution is -2.33. The summed E-state index contributed by atoms with van der Waals surface area (Å²) in [7, 11) is 0. The number of carbonyl (C=O) groups excluding carboxylic acids is 1. The van der Waals surface area contributed by atoms with Crippen LogP contribution in [0.5, 0.6) is 11.5 Å². The number of esters is 1. The first kappa shape index (κ1) is 24.1. The largest absolute Gasteiger partial charge is 0.456 e. The summed E-state index contributed by atoms with van der Waals surface area (Å²) in [4.78, 5) is 15.6. The van der Waals surface area contributed by atoms with Crippen molar-refractivity contribution in [1.29, 1.82) is 0 Å². The summed E-state index contributed by atoms with van der Waals surface area (Å²) in [5, 5.41) is 3.47. The van der Waals surface area contributed by atoms with Crippen LogP contribution in [-0.4, -0.2) is 19.1 Å². The highest BCUT2D eigenvalue weighted by Gasteiger charge is 2.53. The monoisotopic (exact) mass is 504 g/mol. The fourth-order valence-electron chi connectivity index (χ4n) is 5.51. The van der Waals surface area contributed by atoms with E-state index in [1.165, 1.54) is 0 Å². The molecular formula is C33H32N2O3. The van der Waals surface area contributed by atoms with E-state index in [4.69, 9.17) is 9.47 Å². The molecule has 0 bridgehead atoms. The van der Waals surface area contributed by atoms with Gasteiger partial charge in [0.05, 0.1) is 5.56 Å². The van der Waals surface area contributed by atoms with Gasteiger partial charge in [0.15, 0.2) is 5.60 Å². The maximum absolute atomic E-state index is 13.2. The first-order chi connectivity index (χ1) is 18.5. The van der Waals surface area contributed by atoms with Gasteiger partial charge in [-0.05, 0) is 67.8 Å². The number of rotatable bonds is 7. The predicted octanol–water partition coefficient (Wildman–Crippen LogP) is 7.87. The van der Waals surface area contributed by atoms with Crippen LogP contribution in [0.4, 0.5) is 17.1 Å². The second-order valence-corrected chi connectivity index (χ2v) is 10.4. The third-order valence-electron chi connectivity index (χ3n) is 7.48. The molecule has 2 aliphatic heterocycles. The van der Waals surface area contributed by atoms with Crippen molar-refractivity contribution in [3.63, 3.8) is 0 Å². The molecule has 1 N–H and O–H groups in total. The van der Waals surface area contributed by atoms with Crippen LogP contribution in [-0.2, 0) is 10.3 Å². The fourth-order valence-corrected chi connectivity index (χ4v) is 5.51. The Labute approximate surface area is 224 Å². The number of nitrogens with zero attached hydrogens (tertiary/aromatic N) is 1. The highest BCUT2D eigenvalue weighted by Crippen LogP contribution is 2.57. The standard InChI is InChI=1S/C33H32N2O3/c1-4-35(19-18-22(2)3)25-15-16-28-31(21-25)37-30-17-14-24(34-23-10-6-5-7-11-23)20-29(30)33(28)27-13-9-8-12-26(27)32(36)38-33/h5-17,20-22,34H,4,18-19H2,1-3H3. The van der Waals surface area contributed by atoms with Crippen LogP contribution in [0, 0.1) is 5.92 Å². The molecule has 4 aromatic carbocycles. The van der Waals surface area contributed by atoms with Gasteiger partial charge in [-0.3, -0.25) is 0 Å². The Bertz CT molecular complexity index is 1500. The summed E-state index contributed by atoms with van der Waals surface area (Å²) >= 11 is 0. The van der Waals surface area contributed by atoms with Gasteiger partial charge in [0.2, 0.25) is 0 Å². The van der Waals surface area contributed by atoms with E-state index in [0.29, 0.717) is 23.0 Å². The van der Waals surface area contributed by atoms with E-state index < -0.39 is 5.60 Å². The van der Waals surface area contributed by atoms with Crippen LogP contribution >= 0.6 is 0 Å². The van der Waals surface area contributed by atoms with Gasteiger partial charge in [-0.15, -0.1) is 0 Å². The van der Waals surface area contributed by atoms with Gasteiger partial charge in [-0.1, -0.05) is 50.2 Å². The van der Waals surface area contributed by atoms with E-state index in [9.17, 15) is 4.79 Å². The molecule has 6 rings (SSSR count). The molecule has 1 unspecified atom stereocenters. The summed E-state index contributed by atoms with van der Waals surface area (Å²) in [5.74, 6) is 1.70. The highest BCUT2D eigenvalue weighted by molar-refractivity contribution is 5.97. The van der Waals surface area contributed by atoms with Crippen LogP contribution in [0.3, 0.4) is 0 Å². The van der Waals surface area contributed by atoms with Gasteiger partial charge in [-0.2, -0.15) is 0 Å². The Balaban J connectivity index is 1.49. The zero-order valence-corrected chi connectivity index (χ0v) is 22.0. The number of fused-ring (bicyclic) bond motifs is 6. The van der Waals surface area contributed by atoms with Crippen molar-refractivity contribution in [3.05, 3.63) is 113 Å². The molecule has 0 fully saturated rings. The first-order valence-electron chi connectivity index (χ1n) is 13.4. The van der Waals surface area contributed by atoms with E-state index in [2.05, 4.69) is 49.2 Å². The Morgan fingerprint density at radius 2 is 1.61 bits per heavy atom. The van der Waals surface area contributed by atoms with Crippen LogP contribution < -0.4 is 15.0 Å². The normalized spacial score (nSPS) is 16.9. The third kappa shape index (κ3) is 3.99. The molecule has 0 saturated heterocycles. The molecule has 38 heavy (non-hydrogen) atoms. The van der Waals surface area contributed by atoms with E-state index in [1.54, 1.807) is 0 Å². The molecule has 0 aliphatic carbocycles. The fraction of sp³-hybridized carbons (Fsp3) is 0.242. The second-order valence-electron chi connectivity index (χ2n) is 10.4. The van der Waals surface area contributed by atoms with Gasteiger partial charge >= 0.3 is 5.97 Å². The maximum atomic E-state index is 13.2. The van der Waals surface area contributed by atoms with Gasteiger partial charge in [0, 0.05) is 52.9 Å². The van der Waals surface area contributed by atoms with Gasteiger partial charge < -0.3 is 19.7 Å². The Kier molecular flexibility index (Phi) is 6.07. The number of ether oxygens (including phenoxy) is 2. The minimum absolute atomic E-state index is 0.322. The number of para-hydroxylation sites is 1. The first-order valence-corrected chi connectivity index (χ1v) is 13.4. The molecule has 2 aliphatic rings. The van der Waals surface area contributed by atoms with Gasteiger partial charge in [-0.25, -0.2) is 4.79 Å². The van der Waals surface area contributed by atoms with Crippen LogP contribution in [0.15, 0.2) is 91.0 Å². The molecule has 192 valence electrons. The molecular weight excluding hydrogens is 472 g/mol. The number of hydrogen-bond donors (Lipinski definition) is 1. The van der Waals surface area contributed by atoms with Gasteiger partial charge in [0.25, 0.3) is 0 Å². The molecule has 0 saturated carbocycles. The number of nitrogens with one attached hydrogen (secondary N) is 1. The third-order valence-corrected chi connectivity index (χ3v) is 7.48. The molecule has 0 aromatic heterocycles. The molecule has 0 amide bonds. The molecule has 5 heteroatoms. The van der Waals surface area contributed by atoms with Crippen LogP contribution in [0.25, 0.3) is 0 Å². The molecule has 0 radical (unpaired) electrons. The SMILES string of the molecule is CCN(CCC(C)C)c1ccc2c(c1)Oc1ccc(Nc3ccccc3)cc1C21OC(=O)c2ccccc21. The van der Waals surface area contributed by atoms with E-state index in [-0.39, 0.29) is 5.97 Å². The summed E-state index contributed by atoms with van der Waals surface area (Å²) in [6.45, 7) is 8.54. The van der Waals surface area contributed by atoms with Crippen molar-refractivity contribution >= 4 is 23.0 Å². The summed E-state index contributed by atoms with van der Waals surface area (Å²) in [6.07, 6.45) is 1.11. The zero-order valence-electron chi connectivity index (χ0n) is 22.0. The maximum Gasteiger partial charge on any atom is 0.340 e. The van der Waals surface area contributed by atoms with E-state index in [1.807, 2.05) is 72.8 Å². The summed E-state index contributed by atoms with van der Waals surface area (Å²) in [6, 6.07) is 30.0. The molecule has 1 spiro atoms. The highest BCUT2D eigenvalue weighted by atomic mass is 16.6. The quantitative estimate of drug-likeness (QED) is 0.260. The summed E-state index contributed by atoms with van der Waals surface area (Å²) in [5.41, 5.74) is 4.96. The van der Waals surface area contributed by atoms with Crippen LogP contribution in [0.2, 0.25) is 0 Å². The van der Waals surface area contributed by atoms with Crippen LogP contribution in [0.1, 0.15) is 54.2 Å². The van der Waals surface area contributed by atoms with Crippen molar-refractivity contribution in [2.24, 2.45) is 5.92 Å². The number of hydrogen-bond acceptors (Lipinski definition) is 5. The van der Waals surface area contributed by atoms with Gasteiger partial charge in [0.1, 0.15) is 11.5 Å². The average Bonchev–Trinajstić information content (AvgIpc) is 3.23. The van der Waals surface area contributed by atoms with Crippen molar-refractivity contribution < 1.29 is 14.3 Å². The molecule has 4 aromatic rings. The van der Waals surface area contributed by atoms with E-state index >= 15 is 0 Å². The van der Waals surface area contributed by atoms with Crippen molar-refractivity contribution in [2.75, 3.05) is 23.3 Å². The number of carbonyl (C=O) groups is 1. The number of anilines is 3. The smallest absolute Gasteiger partial charge is 0.340 e. The predicted molar refractivity (Wildman–Crippen MR) is 152 cm³/mol. The lowest BCUT2D eigenvalue weighted by Gasteiger charge is -2.37. The average molecular weight is 505 g/mol. The lowest BCUT2D eigenvalue weighted by atomic mass is 9.77. The minimum Gasteiger partial charge on any atom is -0.456 e. The van der Waals surface area contributed by atoms with Crippen molar-refractivity contribution in [3.8, 4) is 11.5 Å². The minimum atomic E-state index is -1.08. The number of benzene rings is 4. The Morgan fingerprint density at radius 1 is 0.816 bits per heavy atom. The molecule has 2 heterocycles.